The van der Waals surface area contributed by atoms with Crippen molar-refractivity contribution in [3.63, 3.8) is 0 Å². The number of fused-ring (bicyclic) bond motifs is 1. The van der Waals surface area contributed by atoms with Crippen molar-refractivity contribution in [1.29, 1.82) is 0 Å². The molecule has 2 aliphatic carbocycles. The molecule has 0 saturated heterocycles. The highest BCUT2D eigenvalue weighted by atomic mass is 19.1. The summed E-state index contributed by atoms with van der Waals surface area (Å²) in [5, 5.41) is 17.4. The predicted octanol–water partition coefficient (Wildman–Crippen LogP) is 4.92. The number of allylic oxidation sites excluding steroid dienone is 3. The van der Waals surface area contributed by atoms with E-state index in [0.717, 1.165) is 18.9 Å². The quantitative estimate of drug-likeness (QED) is 0.321. The number of halogens is 2. The van der Waals surface area contributed by atoms with Crippen LogP contribution in [0.25, 0.3) is 0 Å². The van der Waals surface area contributed by atoms with Gasteiger partial charge in [0.2, 0.25) is 5.91 Å². The fraction of sp³-hybridized carbons (Fsp3) is 0.607. The first-order chi connectivity index (χ1) is 16.6. The van der Waals surface area contributed by atoms with E-state index in [1.54, 1.807) is 0 Å². The Morgan fingerprint density at radius 3 is 2.23 bits per heavy atom. The number of rotatable bonds is 10. The van der Waals surface area contributed by atoms with Crippen molar-refractivity contribution in [2.75, 3.05) is 13.6 Å². The van der Waals surface area contributed by atoms with Gasteiger partial charge in [0.1, 0.15) is 11.6 Å². The summed E-state index contributed by atoms with van der Waals surface area (Å²) < 4.78 is 27.3. The van der Waals surface area contributed by atoms with Crippen molar-refractivity contribution >= 4 is 5.91 Å². The second kappa shape index (κ2) is 13.2. The number of carbonyl (C=O) groups is 1. The van der Waals surface area contributed by atoms with Gasteiger partial charge in [-0.15, -0.1) is 0 Å². The van der Waals surface area contributed by atoms with Crippen molar-refractivity contribution in [3.05, 3.63) is 59.3 Å². The molecule has 0 heterocycles. The molecule has 1 aromatic rings. The minimum Gasteiger partial charge on any atom is -0.390 e. The van der Waals surface area contributed by atoms with Crippen LogP contribution in [0.2, 0.25) is 0 Å². The van der Waals surface area contributed by atoms with E-state index in [1.165, 1.54) is 37.5 Å². The molecule has 0 aliphatic heterocycles. The van der Waals surface area contributed by atoms with Gasteiger partial charge in [-0.2, -0.15) is 0 Å². The third-order valence-electron chi connectivity index (χ3n) is 6.94. The fourth-order valence-corrected chi connectivity index (χ4v) is 5.43. The molecule has 196 valence electrons. The molecule has 3 rings (SSSR count). The molecule has 2 aliphatic rings. The van der Waals surface area contributed by atoms with E-state index in [4.69, 9.17) is 0 Å². The van der Waals surface area contributed by atoms with E-state index in [9.17, 15) is 18.7 Å². The largest absolute Gasteiger partial charge is 0.390 e. The van der Waals surface area contributed by atoms with Crippen LogP contribution in [0.3, 0.4) is 0 Å². The van der Waals surface area contributed by atoms with Gasteiger partial charge >= 0.3 is 0 Å². The first kappa shape index (κ1) is 29.0. The Hall–Kier alpha value is -2.25. The molecule has 4 unspecified atom stereocenters. The van der Waals surface area contributed by atoms with Crippen LogP contribution in [-0.4, -0.2) is 47.3 Å². The third kappa shape index (κ3) is 7.61. The number of hydrogen-bond acceptors (Lipinski definition) is 4. The number of nitrogens with one attached hydrogen (secondary N) is 2. The first-order valence-corrected chi connectivity index (χ1v) is 12.8. The molecule has 5 nitrogen and oxygen atoms in total. The smallest absolute Gasteiger partial charge is 0.217 e. The summed E-state index contributed by atoms with van der Waals surface area (Å²) in [6.07, 6.45) is 10.1. The van der Waals surface area contributed by atoms with E-state index in [0.29, 0.717) is 17.4 Å². The van der Waals surface area contributed by atoms with Crippen molar-refractivity contribution < 1.29 is 18.7 Å². The molecule has 0 spiro atoms. The van der Waals surface area contributed by atoms with Crippen LogP contribution in [0.1, 0.15) is 65.9 Å². The summed E-state index contributed by atoms with van der Waals surface area (Å²) in [6, 6.07) is 2.61. The van der Waals surface area contributed by atoms with Crippen LogP contribution in [0.5, 0.6) is 0 Å². The Labute approximate surface area is 209 Å². The molecule has 2 saturated carbocycles. The third-order valence-corrected chi connectivity index (χ3v) is 6.94. The molecule has 0 aromatic heterocycles. The van der Waals surface area contributed by atoms with E-state index < -0.39 is 23.8 Å². The van der Waals surface area contributed by atoms with Crippen molar-refractivity contribution in [2.45, 2.75) is 84.5 Å². The number of carbonyl (C=O) groups excluding carboxylic acids is 1. The number of hydrogen-bond donors (Lipinski definition) is 3. The van der Waals surface area contributed by atoms with Gasteiger partial charge in [0.15, 0.2) is 0 Å². The van der Waals surface area contributed by atoms with Gasteiger partial charge in [0.25, 0.3) is 0 Å². The molecule has 2 fully saturated rings. The monoisotopic (exact) mass is 491 g/mol. The lowest BCUT2D eigenvalue weighted by Crippen LogP contribution is -2.54. The zero-order valence-corrected chi connectivity index (χ0v) is 22.1. The molecule has 7 heteroatoms. The molecule has 35 heavy (non-hydrogen) atoms. The molecule has 0 bridgehead atoms. The van der Waals surface area contributed by atoms with Crippen molar-refractivity contribution in [3.8, 4) is 0 Å². The van der Waals surface area contributed by atoms with Crippen LogP contribution in [0.4, 0.5) is 8.78 Å². The van der Waals surface area contributed by atoms with Gasteiger partial charge in [-0.3, -0.25) is 10.1 Å². The Morgan fingerprint density at radius 1 is 1.14 bits per heavy atom. The maximum atomic E-state index is 13.6. The molecule has 1 aromatic carbocycles. The first-order valence-electron chi connectivity index (χ1n) is 12.8. The lowest BCUT2D eigenvalue weighted by molar-refractivity contribution is -0.120. The zero-order valence-electron chi connectivity index (χ0n) is 22.1. The Balaban J connectivity index is 0.00000210. The standard InChI is InChI=1S/C26H37F2N3O2.C2H6/c1-17(2)8-7-11-31(4)26(22-9-5-6-10-23(22)26)29-16-25(33)24(30-18(3)32)14-19-12-20(27)15-21(28)13-19;1-2/h7-8,11-13,15,22-25,29,33H,5-6,9-10,14,16H2,1-4H3,(H,30,32);1-2H3/b11-7-;. The van der Waals surface area contributed by atoms with Crippen LogP contribution in [0.15, 0.2) is 42.1 Å². The van der Waals surface area contributed by atoms with Crippen LogP contribution < -0.4 is 10.6 Å². The number of benzene rings is 1. The molecular weight excluding hydrogens is 448 g/mol. The maximum Gasteiger partial charge on any atom is 0.217 e. The lowest BCUT2D eigenvalue weighted by Gasteiger charge is -2.33. The summed E-state index contributed by atoms with van der Waals surface area (Å²) >= 11 is 0. The summed E-state index contributed by atoms with van der Waals surface area (Å²) in [7, 11) is 2.06. The molecule has 3 N–H and O–H groups in total. The number of aliphatic hydroxyl groups is 1. The Bertz CT molecular complexity index is 866. The zero-order chi connectivity index (χ0) is 26.2. The van der Waals surface area contributed by atoms with E-state index in [1.807, 2.05) is 19.9 Å². The van der Waals surface area contributed by atoms with Crippen LogP contribution in [0, 0.1) is 23.5 Å². The normalized spacial score (nSPS) is 24.5. The number of nitrogens with zero attached hydrogens (tertiary/aromatic N) is 1. The highest BCUT2D eigenvalue weighted by Crippen LogP contribution is 2.60. The highest BCUT2D eigenvalue weighted by molar-refractivity contribution is 5.73. The summed E-state index contributed by atoms with van der Waals surface area (Å²) in [5.74, 6) is -0.630. The highest BCUT2D eigenvalue weighted by Gasteiger charge is 2.66. The van der Waals surface area contributed by atoms with Gasteiger partial charge in [-0.05, 0) is 56.9 Å². The number of aliphatic hydroxyl groups excluding tert-OH is 1. The molecular formula is C28H43F2N3O2. The fourth-order valence-electron chi connectivity index (χ4n) is 5.43. The topological polar surface area (TPSA) is 64.6 Å². The van der Waals surface area contributed by atoms with Gasteiger partial charge in [-0.1, -0.05) is 38.3 Å². The van der Waals surface area contributed by atoms with Gasteiger partial charge in [-0.25, -0.2) is 8.78 Å². The Kier molecular flexibility index (Phi) is 10.9. The van der Waals surface area contributed by atoms with Gasteiger partial charge in [0, 0.05) is 44.6 Å². The lowest BCUT2D eigenvalue weighted by atomic mass is 10.0. The van der Waals surface area contributed by atoms with Crippen molar-refractivity contribution in [2.24, 2.45) is 11.8 Å². The second-order valence-electron chi connectivity index (χ2n) is 9.76. The van der Waals surface area contributed by atoms with Crippen LogP contribution >= 0.6 is 0 Å². The van der Waals surface area contributed by atoms with Crippen molar-refractivity contribution in [1.82, 2.24) is 15.5 Å². The summed E-state index contributed by atoms with van der Waals surface area (Å²) in [5.41, 5.74) is 1.38. The van der Waals surface area contributed by atoms with Crippen LogP contribution in [-0.2, 0) is 11.2 Å². The average molecular weight is 492 g/mol. The Morgan fingerprint density at radius 2 is 1.71 bits per heavy atom. The average Bonchev–Trinajstić information content (AvgIpc) is 3.46. The minimum atomic E-state index is -0.921. The SMILES string of the molecule is CC.CC(=O)NC(Cc1cc(F)cc(F)c1)C(O)CNC1(N(C)/C=C\C=C(C)C)C2CCCCC21. The van der Waals surface area contributed by atoms with E-state index >= 15 is 0 Å². The maximum absolute atomic E-state index is 13.6. The van der Waals surface area contributed by atoms with E-state index in [2.05, 4.69) is 48.7 Å². The summed E-state index contributed by atoms with van der Waals surface area (Å²) in [4.78, 5) is 14.0. The molecule has 4 atom stereocenters. The number of amides is 1. The van der Waals surface area contributed by atoms with Gasteiger partial charge in [0.05, 0.1) is 17.8 Å². The summed E-state index contributed by atoms with van der Waals surface area (Å²) in [6.45, 7) is 9.74. The molecule has 1 amide bonds. The minimum absolute atomic E-state index is 0.132. The van der Waals surface area contributed by atoms with Gasteiger partial charge < -0.3 is 15.3 Å². The molecule has 0 radical (unpaired) electrons. The second-order valence-corrected chi connectivity index (χ2v) is 9.76. The predicted molar refractivity (Wildman–Crippen MR) is 138 cm³/mol. The van der Waals surface area contributed by atoms with E-state index in [-0.39, 0.29) is 24.5 Å².